The summed E-state index contributed by atoms with van der Waals surface area (Å²) in [5, 5.41) is 3.90. The van der Waals surface area contributed by atoms with Gasteiger partial charge in [0.15, 0.2) is 0 Å². The van der Waals surface area contributed by atoms with E-state index in [1.807, 2.05) is 18.2 Å². The average molecular weight is 294 g/mol. The Morgan fingerprint density at radius 2 is 2.35 bits per heavy atom. The molecule has 1 heterocycles. The first kappa shape index (κ1) is 14.5. The van der Waals surface area contributed by atoms with Crippen LogP contribution in [0.25, 0.3) is 0 Å². The van der Waals surface area contributed by atoms with Crippen molar-refractivity contribution in [3.63, 3.8) is 0 Å². The van der Waals surface area contributed by atoms with E-state index in [9.17, 15) is 4.79 Å². The molecule has 0 aromatic heterocycles. The van der Waals surface area contributed by atoms with Crippen LogP contribution in [0.15, 0.2) is 28.2 Å². The summed E-state index contributed by atoms with van der Waals surface area (Å²) in [6, 6.07) is 5.34. The standard InChI is InChI=1S/C14H16ClN3O2/c1-16-14-12(5-6-13(19)20-2)17-8-9-7-10(15)3-4-11(9)18-14/h3-4,7-8,12H,5-6H2,1-2H3,(H,16,18)/t12-/m0/s1. The second-order valence-corrected chi connectivity index (χ2v) is 4.81. The maximum absolute atomic E-state index is 11.2. The normalized spacial score (nSPS) is 19.1. The van der Waals surface area contributed by atoms with Crippen LogP contribution >= 0.6 is 11.6 Å². The number of esters is 1. The molecule has 0 saturated carbocycles. The summed E-state index contributed by atoms with van der Waals surface area (Å²) in [6.07, 6.45) is 2.61. The molecule has 0 unspecified atom stereocenters. The van der Waals surface area contributed by atoms with Crippen molar-refractivity contribution in [1.29, 1.82) is 0 Å². The van der Waals surface area contributed by atoms with Gasteiger partial charge in [-0.15, -0.1) is 0 Å². The molecule has 1 aliphatic heterocycles. The first-order chi connectivity index (χ1) is 9.63. The van der Waals surface area contributed by atoms with E-state index < -0.39 is 0 Å². The molecule has 6 heteroatoms. The van der Waals surface area contributed by atoms with Crippen molar-refractivity contribution in [1.82, 2.24) is 0 Å². The molecular formula is C14H16ClN3O2. The molecule has 0 amide bonds. The minimum Gasteiger partial charge on any atom is -0.469 e. The molecule has 0 aliphatic carbocycles. The molecule has 0 radical (unpaired) electrons. The fourth-order valence-electron chi connectivity index (χ4n) is 1.99. The average Bonchev–Trinajstić information content (AvgIpc) is 2.63. The molecule has 0 spiro atoms. The topological polar surface area (TPSA) is 63.0 Å². The van der Waals surface area contributed by atoms with Crippen LogP contribution in [0.5, 0.6) is 0 Å². The Kier molecular flexibility index (Phi) is 4.74. The van der Waals surface area contributed by atoms with Crippen LogP contribution in [0.4, 0.5) is 5.69 Å². The van der Waals surface area contributed by atoms with E-state index in [4.69, 9.17) is 11.6 Å². The molecule has 0 bridgehead atoms. The fourth-order valence-corrected chi connectivity index (χ4v) is 2.17. The lowest BCUT2D eigenvalue weighted by Crippen LogP contribution is -2.26. The number of rotatable bonds is 3. The van der Waals surface area contributed by atoms with Gasteiger partial charge in [0.2, 0.25) is 0 Å². The molecule has 1 N–H and O–H groups in total. The maximum Gasteiger partial charge on any atom is 0.305 e. The number of carbonyl (C=O) groups is 1. The zero-order valence-corrected chi connectivity index (χ0v) is 12.1. The first-order valence-corrected chi connectivity index (χ1v) is 6.65. The highest BCUT2D eigenvalue weighted by atomic mass is 35.5. The SMILES string of the molecule is CN=C1Nc2ccc(Cl)cc2C=N[C@H]1CCC(=O)OC. The number of nitrogens with one attached hydrogen (secondary N) is 1. The van der Waals surface area contributed by atoms with Crippen LogP contribution < -0.4 is 5.32 Å². The summed E-state index contributed by atoms with van der Waals surface area (Å²) in [6.45, 7) is 0. The lowest BCUT2D eigenvalue weighted by atomic mass is 10.1. The van der Waals surface area contributed by atoms with E-state index in [0.29, 0.717) is 17.9 Å². The minimum atomic E-state index is -0.250. The molecular weight excluding hydrogens is 278 g/mol. The molecule has 0 fully saturated rings. The third-order valence-corrected chi connectivity index (χ3v) is 3.31. The number of fused-ring (bicyclic) bond motifs is 1. The number of anilines is 1. The van der Waals surface area contributed by atoms with E-state index in [1.54, 1.807) is 13.3 Å². The van der Waals surface area contributed by atoms with E-state index in [0.717, 1.165) is 17.1 Å². The Balaban J connectivity index is 2.20. The Bertz CT molecular complexity index is 570. The highest BCUT2D eigenvalue weighted by Gasteiger charge is 2.20. The Labute approximate surface area is 122 Å². The minimum absolute atomic E-state index is 0.190. The van der Waals surface area contributed by atoms with Crippen molar-refractivity contribution < 1.29 is 9.53 Å². The number of hydrogen-bond donors (Lipinski definition) is 1. The zero-order valence-electron chi connectivity index (χ0n) is 11.4. The second-order valence-electron chi connectivity index (χ2n) is 4.37. The number of carbonyl (C=O) groups excluding carboxylic acids is 1. The van der Waals surface area contributed by atoms with Crippen LogP contribution in [0.3, 0.4) is 0 Å². The Hall–Kier alpha value is -1.88. The van der Waals surface area contributed by atoms with E-state index >= 15 is 0 Å². The number of benzene rings is 1. The number of benzodiazepines with no additional fused rings is 1. The highest BCUT2D eigenvalue weighted by molar-refractivity contribution is 6.31. The van der Waals surface area contributed by atoms with E-state index in [-0.39, 0.29) is 12.0 Å². The zero-order chi connectivity index (χ0) is 14.5. The number of hydrogen-bond acceptors (Lipinski definition) is 4. The smallest absolute Gasteiger partial charge is 0.305 e. The van der Waals surface area contributed by atoms with Crippen LogP contribution in [0.2, 0.25) is 5.02 Å². The van der Waals surface area contributed by atoms with Gasteiger partial charge in [0.05, 0.1) is 7.11 Å². The Morgan fingerprint density at radius 1 is 1.55 bits per heavy atom. The number of nitrogens with zero attached hydrogens (tertiary/aromatic N) is 2. The van der Waals surface area contributed by atoms with E-state index in [1.165, 1.54) is 7.11 Å². The monoisotopic (exact) mass is 293 g/mol. The number of halogens is 1. The van der Waals surface area contributed by atoms with Gasteiger partial charge in [-0.05, 0) is 24.6 Å². The summed E-state index contributed by atoms with van der Waals surface area (Å²) in [4.78, 5) is 19.9. The Morgan fingerprint density at radius 3 is 3.05 bits per heavy atom. The third kappa shape index (κ3) is 3.36. The van der Waals surface area contributed by atoms with Gasteiger partial charge in [-0.3, -0.25) is 14.8 Å². The van der Waals surface area contributed by atoms with Crippen molar-refractivity contribution in [2.45, 2.75) is 18.9 Å². The van der Waals surface area contributed by atoms with Gasteiger partial charge in [-0.1, -0.05) is 11.6 Å². The lowest BCUT2D eigenvalue weighted by molar-refractivity contribution is -0.140. The number of ether oxygens (including phenoxy) is 1. The molecule has 1 aromatic rings. The third-order valence-electron chi connectivity index (χ3n) is 3.08. The molecule has 2 rings (SSSR count). The van der Waals surface area contributed by atoms with Gasteiger partial charge in [0.1, 0.15) is 11.9 Å². The molecule has 1 aliphatic rings. The van der Waals surface area contributed by atoms with Crippen molar-refractivity contribution in [3.8, 4) is 0 Å². The largest absolute Gasteiger partial charge is 0.469 e. The van der Waals surface area contributed by atoms with Crippen LogP contribution in [-0.4, -0.2) is 38.2 Å². The molecule has 0 saturated heterocycles. The quantitative estimate of drug-likeness (QED) is 0.871. The van der Waals surface area contributed by atoms with Crippen molar-refractivity contribution >= 4 is 35.3 Å². The van der Waals surface area contributed by atoms with Crippen molar-refractivity contribution in [2.75, 3.05) is 19.5 Å². The number of methoxy groups -OCH3 is 1. The summed E-state index contributed by atoms with van der Waals surface area (Å²) >= 11 is 5.98. The fraction of sp³-hybridized carbons (Fsp3) is 0.357. The van der Waals surface area contributed by atoms with Crippen LogP contribution in [-0.2, 0) is 9.53 Å². The summed E-state index contributed by atoms with van der Waals surface area (Å²) in [5.74, 6) is 0.478. The van der Waals surface area contributed by atoms with Crippen LogP contribution in [0, 0.1) is 0 Å². The summed E-state index contributed by atoms with van der Waals surface area (Å²) in [7, 11) is 3.08. The van der Waals surface area contributed by atoms with Crippen molar-refractivity contribution in [3.05, 3.63) is 28.8 Å². The molecule has 1 aromatic carbocycles. The maximum atomic E-state index is 11.2. The van der Waals surface area contributed by atoms with Gasteiger partial charge in [0, 0.05) is 36.0 Å². The van der Waals surface area contributed by atoms with Gasteiger partial charge < -0.3 is 10.1 Å². The summed E-state index contributed by atoms with van der Waals surface area (Å²) in [5.41, 5.74) is 1.80. The van der Waals surface area contributed by atoms with Crippen LogP contribution in [0.1, 0.15) is 18.4 Å². The summed E-state index contributed by atoms with van der Waals surface area (Å²) < 4.78 is 4.65. The number of aliphatic imine (C=N–C) groups is 2. The second kappa shape index (κ2) is 6.52. The predicted octanol–water partition coefficient (Wildman–Crippen LogP) is 2.53. The van der Waals surface area contributed by atoms with Crippen molar-refractivity contribution in [2.24, 2.45) is 9.98 Å². The van der Waals surface area contributed by atoms with Gasteiger partial charge in [-0.25, -0.2) is 0 Å². The van der Waals surface area contributed by atoms with Gasteiger partial charge >= 0.3 is 5.97 Å². The molecule has 5 nitrogen and oxygen atoms in total. The highest BCUT2D eigenvalue weighted by Crippen LogP contribution is 2.23. The van der Waals surface area contributed by atoms with E-state index in [2.05, 4.69) is 20.0 Å². The molecule has 106 valence electrons. The van der Waals surface area contributed by atoms with Gasteiger partial charge in [0.25, 0.3) is 0 Å². The predicted molar refractivity (Wildman–Crippen MR) is 81.1 cm³/mol. The molecule has 1 atom stereocenters. The first-order valence-electron chi connectivity index (χ1n) is 6.27. The number of amidine groups is 1. The molecule has 20 heavy (non-hydrogen) atoms. The lowest BCUT2D eigenvalue weighted by Gasteiger charge is -2.14. The van der Waals surface area contributed by atoms with Gasteiger partial charge in [-0.2, -0.15) is 0 Å².